The molecule has 3 rings (SSSR count). The summed E-state index contributed by atoms with van der Waals surface area (Å²) in [7, 11) is 0. The molecule has 1 aliphatic carbocycles. The number of carbonyl (C=O) groups is 1. The minimum Gasteiger partial charge on any atom is -0.481 e. The highest BCUT2D eigenvalue weighted by Gasteiger charge is 2.29. The van der Waals surface area contributed by atoms with Crippen LogP contribution in [0.3, 0.4) is 0 Å². The van der Waals surface area contributed by atoms with Crippen LogP contribution in [0.5, 0.6) is 5.75 Å². The van der Waals surface area contributed by atoms with E-state index in [0.29, 0.717) is 5.75 Å². The summed E-state index contributed by atoms with van der Waals surface area (Å²) in [6, 6.07) is 9.32. The Bertz CT molecular complexity index is 687. The maximum Gasteiger partial charge on any atom is 0.261 e. The Kier molecular flexibility index (Phi) is 5.71. The zero-order valence-corrected chi connectivity index (χ0v) is 14.5. The minimum absolute atomic E-state index is 0.0502. The van der Waals surface area contributed by atoms with Crippen molar-refractivity contribution in [2.75, 3.05) is 0 Å². The fourth-order valence-corrected chi connectivity index (χ4v) is 3.35. The summed E-state index contributed by atoms with van der Waals surface area (Å²) >= 11 is 0. The number of ether oxygens (including phenoxy) is 1. The van der Waals surface area contributed by atoms with Gasteiger partial charge >= 0.3 is 0 Å². The van der Waals surface area contributed by atoms with Gasteiger partial charge in [-0.1, -0.05) is 25.0 Å². The summed E-state index contributed by atoms with van der Waals surface area (Å²) < 4.78 is 7.69. The SMILES string of the molecule is CC(Oc1cccc(CO)c1)C(=O)NC1CCCCC1n1cccn1. The molecule has 0 spiro atoms. The van der Waals surface area contributed by atoms with Gasteiger partial charge in [-0.25, -0.2) is 0 Å². The predicted octanol–water partition coefficient (Wildman–Crippen LogP) is 2.44. The number of hydrogen-bond donors (Lipinski definition) is 2. The zero-order chi connectivity index (χ0) is 17.6. The first kappa shape index (κ1) is 17.5. The molecule has 2 aromatic rings. The fourth-order valence-electron chi connectivity index (χ4n) is 3.35. The van der Waals surface area contributed by atoms with Crippen LogP contribution in [-0.2, 0) is 11.4 Å². The lowest BCUT2D eigenvalue weighted by Gasteiger charge is -2.33. The van der Waals surface area contributed by atoms with Crippen LogP contribution in [-0.4, -0.2) is 32.9 Å². The lowest BCUT2D eigenvalue weighted by atomic mass is 9.90. The lowest BCUT2D eigenvalue weighted by molar-refractivity contribution is -0.128. The van der Waals surface area contributed by atoms with Gasteiger partial charge in [-0.3, -0.25) is 9.48 Å². The van der Waals surface area contributed by atoms with E-state index in [1.807, 2.05) is 23.0 Å². The van der Waals surface area contributed by atoms with Crippen LogP contribution in [0.1, 0.15) is 44.2 Å². The molecular weight excluding hydrogens is 318 g/mol. The van der Waals surface area contributed by atoms with Gasteiger partial charge in [-0.15, -0.1) is 0 Å². The van der Waals surface area contributed by atoms with E-state index in [1.165, 1.54) is 0 Å². The maximum absolute atomic E-state index is 12.6. The van der Waals surface area contributed by atoms with Crippen molar-refractivity contribution in [3.8, 4) is 5.75 Å². The number of aliphatic hydroxyl groups is 1. The minimum atomic E-state index is -0.603. The molecule has 134 valence electrons. The number of hydrogen-bond acceptors (Lipinski definition) is 4. The normalized spacial score (nSPS) is 21.5. The van der Waals surface area contributed by atoms with Crippen molar-refractivity contribution in [3.63, 3.8) is 0 Å². The van der Waals surface area contributed by atoms with Crippen molar-refractivity contribution < 1.29 is 14.6 Å². The smallest absolute Gasteiger partial charge is 0.261 e. The van der Waals surface area contributed by atoms with E-state index in [1.54, 1.807) is 31.3 Å². The molecular formula is C19H25N3O3. The van der Waals surface area contributed by atoms with Gasteiger partial charge in [0.25, 0.3) is 5.91 Å². The molecule has 1 aromatic heterocycles. The number of aliphatic hydroxyl groups excluding tert-OH is 1. The van der Waals surface area contributed by atoms with Gasteiger partial charge in [0.2, 0.25) is 0 Å². The van der Waals surface area contributed by atoms with Crippen LogP contribution >= 0.6 is 0 Å². The number of nitrogens with one attached hydrogen (secondary N) is 1. The first-order valence-corrected chi connectivity index (χ1v) is 8.83. The molecule has 1 aliphatic rings. The molecule has 1 heterocycles. The monoisotopic (exact) mass is 343 g/mol. The average molecular weight is 343 g/mol. The Hall–Kier alpha value is -2.34. The molecule has 1 aromatic carbocycles. The van der Waals surface area contributed by atoms with Gasteiger partial charge in [-0.2, -0.15) is 5.10 Å². The van der Waals surface area contributed by atoms with E-state index in [2.05, 4.69) is 10.4 Å². The second-order valence-electron chi connectivity index (χ2n) is 6.52. The molecule has 0 bridgehead atoms. The largest absolute Gasteiger partial charge is 0.481 e. The first-order chi connectivity index (χ1) is 12.2. The van der Waals surface area contributed by atoms with E-state index < -0.39 is 6.10 Å². The Balaban J connectivity index is 1.61. The van der Waals surface area contributed by atoms with Crippen molar-refractivity contribution in [2.45, 2.75) is 57.4 Å². The van der Waals surface area contributed by atoms with E-state index >= 15 is 0 Å². The molecule has 0 radical (unpaired) electrons. The van der Waals surface area contributed by atoms with Crippen LogP contribution in [0.2, 0.25) is 0 Å². The standard InChI is InChI=1S/C19H25N3O3/c1-14(25-16-7-4-6-15(12-16)13-23)19(24)21-17-8-2-3-9-18(17)22-11-5-10-20-22/h4-7,10-12,14,17-18,23H,2-3,8-9,13H2,1H3,(H,21,24). The van der Waals surface area contributed by atoms with Gasteiger partial charge in [-0.05, 0) is 43.5 Å². The third kappa shape index (κ3) is 4.39. The van der Waals surface area contributed by atoms with Crippen LogP contribution in [0.25, 0.3) is 0 Å². The van der Waals surface area contributed by atoms with Gasteiger partial charge < -0.3 is 15.2 Å². The van der Waals surface area contributed by atoms with E-state index in [4.69, 9.17) is 4.74 Å². The van der Waals surface area contributed by atoms with E-state index in [0.717, 1.165) is 31.2 Å². The van der Waals surface area contributed by atoms with Crippen LogP contribution in [0.15, 0.2) is 42.7 Å². The average Bonchev–Trinajstić information content (AvgIpc) is 3.16. The molecule has 3 unspecified atom stereocenters. The summed E-state index contributed by atoms with van der Waals surface area (Å²) in [5.74, 6) is 0.458. The Labute approximate surface area is 147 Å². The van der Waals surface area contributed by atoms with Crippen molar-refractivity contribution in [3.05, 3.63) is 48.3 Å². The number of amides is 1. The van der Waals surface area contributed by atoms with Crippen molar-refractivity contribution >= 4 is 5.91 Å². The third-order valence-corrected chi connectivity index (χ3v) is 4.68. The molecule has 1 saturated carbocycles. The summed E-state index contributed by atoms with van der Waals surface area (Å²) in [6.07, 6.45) is 7.34. The maximum atomic E-state index is 12.6. The van der Waals surface area contributed by atoms with Crippen molar-refractivity contribution in [1.82, 2.24) is 15.1 Å². The molecule has 1 fully saturated rings. The molecule has 25 heavy (non-hydrogen) atoms. The van der Waals surface area contributed by atoms with Crippen molar-refractivity contribution in [2.24, 2.45) is 0 Å². The first-order valence-electron chi connectivity index (χ1n) is 8.83. The van der Waals surface area contributed by atoms with Gasteiger partial charge in [0.05, 0.1) is 18.7 Å². The molecule has 1 amide bonds. The quantitative estimate of drug-likeness (QED) is 0.845. The molecule has 6 nitrogen and oxygen atoms in total. The van der Waals surface area contributed by atoms with Gasteiger partial charge in [0.1, 0.15) is 5.75 Å². The second kappa shape index (κ2) is 8.16. The summed E-state index contributed by atoms with van der Waals surface area (Å²) in [5, 5.41) is 16.7. The zero-order valence-electron chi connectivity index (χ0n) is 14.5. The van der Waals surface area contributed by atoms with Crippen molar-refractivity contribution in [1.29, 1.82) is 0 Å². The van der Waals surface area contributed by atoms with E-state index in [-0.39, 0.29) is 24.6 Å². The molecule has 6 heteroatoms. The second-order valence-corrected chi connectivity index (χ2v) is 6.52. The number of nitrogens with zero attached hydrogens (tertiary/aromatic N) is 2. The Morgan fingerprint density at radius 2 is 2.24 bits per heavy atom. The molecule has 0 aliphatic heterocycles. The van der Waals surface area contributed by atoms with Crippen LogP contribution in [0, 0.1) is 0 Å². The summed E-state index contributed by atoms with van der Waals surface area (Å²) in [6.45, 7) is 1.69. The van der Waals surface area contributed by atoms with E-state index in [9.17, 15) is 9.90 Å². The lowest BCUT2D eigenvalue weighted by Crippen LogP contribution is -2.47. The Morgan fingerprint density at radius 3 is 3.00 bits per heavy atom. The summed E-state index contributed by atoms with van der Waals surface area (Å²) in [5.41, 5.74) is 0.760. The predicted molar refractivity (Wildman–Crippen MR) is 94.1 cm³/mol. The highest BCUT2D eigenvalue weighted by atomic mass is 16.5. The number of rotatable bonds is 6. The number of benzene rings is 1. The van der Waals surface area contributed by atoms with Gasteiger partial charge in [0.15, 0.2) is 6.10 Å². The third-order valence-electron chi connectivity index (χ3n) is 4.68. The summed E-state index contributed by atoms with van der Waals surface area (Å²) in [4.78, 5) is 12.6. The topological polar surface area (TPSA) is 76.4 Å². The van der Waals surface area contributed by atoms with Gasteiger partial charge in [0, 0.05) is 12.4 Å². The highest BCUT2D eigenvalue weighted by molar-refractivity contribution is 5.81. The number of aromatic nitrogens is 2. The molecule has 0 saturated heterocycles. The molecule has 2 N–H and O–H groups in total. The van der Waals surface area contributed by atoms with Crippen LogP contribution in [0.4, 0.5) is 0 Å². The highest BCUT2D eigenvalue weighted by Crippen LogP contribution is 2.28. The van der Waals surface area contributed by atoms with Crippen LogP contribution < -0.4 is 10.1 Å². The number of carbonyl (C=O) groups excluding carboxylic acids is 1. The Morgan fingerprint density at radius 1 is 1.40 bits per heavy atom. The molecule has 3 atom stereocenters. The fraction of sp³-hybridized carbons (Fsp3) is 0.474.